The predicted octanol–water partition coefficient (Wildman–Crippen LogP) is 2.14. The van der Waals surface area contributed by atoms with Crippen LogP contribution in [0.5, 0.6) is 0 Å². The van der Waals surface area contributed by atoms with Crippen LogP contribution < -0.4 is 0 Å². The van der Waals surface area contributed by atoms with Crippen molar-refractivity contribution in [3.05, 3.63) is 53.9 Å². The molecule has 1 aromatic heterocycles. The Hall–Kier alpha value is -1.65. The molecule has 90 valence electrons. The Kier molecular flexibility index (Phi) is 4.75. The quantitative estimate of drug-likeness (QED) is 0.744. The fraction of sp³-hybridized carbons (Fsp3) is 0.308. The molecule has 4 nitrogen and oxygen atoms in total. The van der Waals surface area contributed by atoms with Crippen molar-refractivity contribution in [2.45, 2.75) is 13.2 Å². The molecule has 2 rings (SSSR count). The van der Waals surface area contributed by atoms with Crippen molar-refractivity contribution in [1.82, 2.24) is 10.2 Å². The topological polar surface area (TPSA) is 47.1 Å². The Bertz CT molecular complexity index is 401. The summed E-state index contributed by atoms with van der Waals surface area (Å²) in [7, 11) is 0. The molecule has 0 aliphatic carbocycles. The first-order valence-electron chi connectivity index (χ1n) is 5.63. The minimum Gasteiger partial charge on any atom is -0.374 e. The van der Waals surface area contributed by atoms with E-state index in [1.807, 2.05) is 36.4 Å². The summed E-state index contributed by atoms with van der Waals surface area (Å²) in [5, 5.41) is 6.68. The molecule has 0 aliphatic heterocycles. The third-order valence-corrected chi connectivity index (χ3v) is 2.30. The Balaban J connectivity index is 1.52. The molecule has 0 fully saturated rings. The van der Waals surface area contributed by atoms with Gasteiger partial charge in [-0.05, 0) is 11.6 Å². The van der Waals surface area contributed by atoms with E-state index >= 15 is 0 Å². The average molecular weight is 232 g/mol. The fourth-order valence-electron chi connectivity index (χ4n) is 1.43. The second kappa shape index (κ2) is 6.83. The third-order valence-electron chi connectivity index (χ3n) is 2.30. The highest BCUT2D eigenvalue weighted by molar-refractivity contribution is 5.13. The highest BCUT2D eigenvalue weighted by Crippen LogP contribution is 2.00. The Labute approximate surface area is 101 Å². The number of rotatable bonds is 7. The van der Waals surface area contributed by atoms with E-state index in [2.05, 4.69) is 10.2 Å². The number of hydrogen-bond acceptors (Lipinski definition) is 3. The molecule has 0 bridgehead atoms. The van der Waals surface area contributed by atoms with Gasteiger partial charge >= 0.3 is 0 Å². The standard InChI is InChI=1S/C13H16N2O2/c1-2-4-12(5-3-1)10-16-8-9-17-11-13-6-7-14-15-13/h1-7H,8-11H2,(H,14,15). The number of aromatic amines is 1. The molecule has 1 aromatic carbocycles. The number of hydrogen-bond donors (Lipinski definition) is 1. The molecular formula is C13H16N2O2. The molecule has 0 spiro atoms. The summed E-state index contributed by atoms with van der Waals surface area (Å²) in [5.74, 6) is 0. The van der Waals surface area contributed by atoms with Crippen molar-refractivity contribution >= 4 is 0 Å². The minimum atomic E-state index is 0.550. The molecule has 2 aromatic rings. The van der Waals surface area contributed by atoms with Gasteiger partial charge in [0.15, 0.2) is 0 Å². The van der Waals surface area contributed by atoms with Crippen LogP contribution in [0.1, 0.15) is 11.3 Å². The van der Waals surface area contributed by atoms with E-state index in [-0.39, 0.29) is 0 Å². The van der Waals surface area contributed by atoms with Gasteiger partial charge in [-0.15, -0.1) is 0 Å². The smallest absolute Gasteiger partial charge is 0.0883 e. The molecule has 0 aliphatic rings. The van der Waals surface area contributed by atoms with E-state index in [1.54, 1.807) is 6.20 Å². The first-order valence-corrected chi connectivity index (χ1v) is 5.63. The van der Waals surface area contributed by atoms with Gasteiger partial charge in [0.25, 0.3) is 0 Å². The second-order valence-corrected chi connectivity index (χ2v) is 3.67. The van der Waals surface area contributed by atoms with Crippen molar-refractivity contribution in [1.29, 1.82) is 0 Å². The maximum Gasteiger partial charge on any atom is 0.0883 e. The van der Waals surface area contributed by atoms with Gasteiger partial charge in [0.2, 0.25) is 0 Å². The van der Waals surface area contributed by atoms with Crippen molar-refractivity contribution in [2.24, 2.45) is 0 Å². The summed E-state index contributed by atoms with van der Waals surface area (Å²) in [5.41, 5.74) is 2.16. The van der Waals surface area contributed by atoms with Gasteiger partial charge in [-0.2, -0.15) is 5.10 Å². The molecule has 4 heteroatoms. The van der Waals surface area contributed by atoms with Crippen LogP contribution in [-0.4, -0.2) is 23.4 Å². The van der Waals surface area contributed by atoms with E-state index in [0.717, 1.165) is 5.69 Å². The van der Waals surface area contributed by atoms with Gasteiger partial charge in [0.05, 0.1) is 32.1 Å². The van der Waals surface area contributed by atoms with Crippen LogP contribution in [0.2, 0.25) is 0 Å². The van der Waals surface area contributed by atoms with Gasteiger partial charge in [0.1, 0.15) is 0 Å². The Morgan fingerprint density at radius 2 is 1.71 bits per heavy atom. The zero-order chi connectivity index (χ0) is 11.8. The maximum absolute atomic E-state index is 5.49. The maximum atomic E-state index is 5.49. The minimum absolute atomic E-state index is 0.550. The number of nitrogens with one attached hydrogen (secondary N) is 1. The molecular weight excluding hydrogens is 216 g/mol. The molecule has 0 unspecified atom stereocenters. The van der Waals surface area contributed by atoms with Crippen LogP contribution in [0.25, 0.3) is 0 Å². The number of H-pyrrole nitrogens is 1. The lowest BCUT2D eigenvalue weighted by Gasteiger charge is -2.05. The zero-order valence-electron chi connectivity index (χ0n) is 9.63. The zero-order valence-corrected chi connectivity index (χ0v) is 9.63. The summed E-state index contributed by atoms with van der Waals surface area (Å²) in [6, 6.07) is 12.0. The summed E-state index contributed by atoms with van der Waals surface area (Å²) >= 11 is 0. The lowest BCUT2D eigenvalue weighted by molar-refractivity contribution is 0.0328. The highest BCUT2D eigenvalue weighted by Gasteiger charge is 1.94. The van der Waals surface area contributed by atoms with Crippen molar-refractivity contribution in [3.8, 4) is 0 Å². The van der Waals surface area contributed by atoms with E-state index in [0.29, 0.717) is 26.4 Å². The lowest BCUT2D eigenvalue weighted by Crippen LogP contribution is -2.04. The molecule has 0 atom stereocenters. The second-order valence-electron chi connectivity index (χ2n) is 3.67. The van der Waals surface area contributed by atoms with Crippen molar-refractivity contribution in [3.63, 3.8) is 0 Å². The van der Waals surface area contributed by atoms with Crippen LogP contribution in [0.15, 0.2) is 42.6 Å². The molecule has 1 heterocycles. The first-order chi connectivity index (χ1) is 8.45. The number of aromatic nitrogens is 2. The monoisotopic (exact) mass is 232 g/mol. The molecule has 0 radical (unpaired) electrons. The Morgan fingerprint density at radius 3 is 2.41 bits per heavy atom. The van der Waals surface area contributed by atoms with Gasteiger partial charge < -0.3 is 9.47 Å². The molecule has 0 amide bonds. The molecule has 17 heavy (non-hydrogen) atoms. The lowest BCUT2D eigenvalue weighted by atomic mass is 10.2. The van der Waals surface area contributed by atoms with E-state index in [1.165, 1.54) is 5.56 Å². The van der Waals surface area contributed by atoms with E-state index in [9.17, 15) is 0 Å². The molecule has 1 N–H and O–H groups in total. The van der Waals surface area contributed by atoms with Crippen LogP contribution in [-0.2, 0) is 22.7 Å². The molecule has 0 saturated heterocycles. The van der Waals surface area contributed by atoms with Crippen molar-refractivity contribution in [2.75, 3.05) is 13.2 Å². The van der Waals surface area contributed by atoms with Crippen LogP contribution in [0.4, 0.5) is 0 Å². The summed E-state index contributed by atoms with van der Waals surface area (Å²) < 4.78 is 10.9. The third kappa shape index (κ3) is 4.38. The van der Waals surface area contributed by atoms with E-state index < -0.39 is 0 Å². The average Bonchev–Trinajstić information content (AvgIpc) is 2.88. The molecule has 0 saturated carbocycles. The van der Waals surface area contributed by atoms with Gasteiger partial charge in [-0.25, -0.2) is 0 Å². The summed E-state index contributed by atoms with van der Waals surface area (Å²) in [6.45, 7) is 2.37. The Morgan fingerprint density at radius 1 is 0.941 bits per heavy atom. The summed E-state index contributed by atoms with van der Waals surface area (Å²) in [6.07, 6.45) is 1.71. The van der Waals surface area contributed by atoms with Crippen LogP contribution in [0.3, 0.4) is 0 Å². The van der Waals surface area contributed by atoms with Crippen molar-refractivity contribution < 1.29 is 9.47 Å². The summed E-state index contributed by atoms with van der Waals surface area (Å²) in [4.78, 5) is 0. The normalized spacial score (nSPS) is 10.6. The predicted molar refractivity (Wildman–Crippen MR) is 64.3 cm³/mol. The number of ether oxygens (including phenoxy) is 2. The largest absolute Gasteiger partial charge is 0.374 e. The number of nitrogens with zero attached hydrogens (tertiary/aromatic N) is 1. The van der Waals surface area contributed by atoms with Gasteiger partial charge in [0, 0.05) is 6.20 Å². The van der Waals surface area contributed by atoms with Crippen LogP contribution in [0, 0.1) is 0 Å². The van der Waals surface area contributed by atoms with Crippen LogP contribution >= 0.6 is 0 Å². The fourth-order valence-corrected chi connectivity index (χ4v) is 1.43. The highest BCUT2D eigenvalue weighted by atomic mass is 16.5. The SMILES string of the molecule is c1ccc(COCCOCc2ccn[nH]2)cc1. The number of benzene rings is 1. The van der Waals surface area contributed by atoms with E-state index in [4.69, 9.17) is 9.47 Å². The van der Waals surface area contributed by atoms with Gasteiger partial charge in [-0.1, -0.05) is 30.3 Å². The first kappa shape index (κ1) is 11.8. The van der Waals surface area contributed by atoms with Gasteiger partial charge in [-0.3, -0.25) is 5.10 Å².